The Morgan fingerprint density at radius 1 is 0.811 bits per heavy atom. The molecule has 216 valence electrons. The number of phosphoric ester groups is 1. The summed E-state index contributed by atoms with van der Waals surface area (Å²) in [7, 11) is -4.35. The Morgan fingerprint density at radius 3 is 2.16 bits per heavy atom. The highest BCUT2D eigenvalue weighted by molar-refractivity contribution is 7.47. The molecule has 0 aromatic carbocycles. The second kappa shape index (κ2) is 24.8. The van der Waals surface area contributed by atoms with Gasteiger partial charge in [0.05, 0.1) is 13.2 Å². The molecule has 2 atom stereocenters. The summed E-state index contributed by atoms with van der Waals surface area (Å²) in [4.78, 5) is 33.9. The molecule has 0 spiro atoms. The van der Waals surface area contributed by atoms with Crippen LogP contribution >= 0.6 is 7.82 Å². The fraction of sp³-hybridized carbons (Fsp3) is 0.778. The molecule has 0 radical (unpaired) electrons. The van der Waals surface area contributed by atoms with Gasteiger partial charge >= 0.3 is 19.8 Å². The molecule has 0 amide bonds. The molecular weight excluding hydrogens is 497 g/mol. The van der Waals surface area contributed by atoms with Gasteiger partial charge in [0, 0.05) is 19.4 Å². The van der Waals surface area contributed by atoms with Crippen LogP contribution in [0.2, 0.25) is 0 Å². The van der Waals surface area contributed by atoms with Crippen LogP contribution in [0.4, 0.5) is 0 Å². The second-order valence-electron chi connectivity index (χ2n) is 8.91. The minimum atomic E-state index is -4.35. The maximum atomic E-state index is 12.3. The minimum Gasteiger partial charge on any atom is -0.462 e. The van der Waals surface area contributed by atoms with Gasteiger partial charge in [-0.3, -0.25) is 18.6 Å². The van der Waals surface area contributed by atoms with E-state index >= 15 is 0 Å². The van der Waals surface area contributed by atoms with E-state index in [9.17, 15) is 19.0 Å². The maximum absolute atomic E-state index is 12.3. The number of ether oxygens (including phenoxy) is 2. The van der Waals surface area contributed by atoms with Crippen molar-refractivity contribution in [1.82, 2.24) is 0 Å². The smallest absolute Gasteiger partial charge is 0.462 e. The fourth-order valence-electron chi connectivity index (χ4n) is 3.26. The largest absolute Gasteiger partial charge is 0.472 e. The summed E-state index contributed by atoms with van der Waals surface area (Å²) in [5, 5.41) is 0. The van der Waals surface area contributed by atoms with Gasteiger partial charge in [0.15, 0.2) is 6.10 Å². The van der Waals surface area contributed by atoms with Gasteiger partial charge in [-0.15, -0.1) is 0 Å². The lowest BCUT2D eigenvalue weighted by atomic mass is 10.1. The van der Waals surface area contributed by atoms with Gasteiger partial charge in [0.1, 0.15) is 6.61 Å². The first kappa shape index (κ1) is 35.5. The molecule has 0 aromatic rings. The molecule has 0 aliphatic carbocycles. The fourth-order valence-corrected chi connectivity index (χ4v) is 4.02. The highest BCUT2D eigenvalue weighted by Crippen LogP contribution is 2.43. The molecule has 3 N–H and O–H groups in total. The van der Waals surface area contributed by atoms with E-state index in [0.29, 0.717) is 12.8 Å². The Morgan fingerprint density at radius 2 is 1.46 bits per heavy atom. The zero-order valence-corrected chi connectivity index (χ0v) is 23.8. The first-order chi connectivity index (χ1) is 17.8. The van der Waals surface area contributed by atoms with E-state index < -0.39 is 32.5 Å². The van der Waals surface area contributed by atoms with Crippen LogP contribution in [0.3, 0.4) is 0 Å². The molecule has 0 aliphatic heterocycles. The SMILES string of the molecule is CCC/C=C\C/C=C\CCCCCCCC(=O)OC(COC(=O)CCCCC)COP(=O)(O)OCCN. The number of hydrogen-bond acceptors (Lipinski definition) is 8. The summed E-state index contributed by atoms with van der Waals surface area (Å²) in [6.07, 6.45) is 20.1. The van der Waals surface area contributed by atoms with E-state index in [2.05, 4.69) is 35.8 Å². The van der Waals surface area contributed by atoms with Crippen molar-refractivity contribution in [2.75, 3.05) is 26.4 Å². The number of carbonyl (C=O) groups is 2. The van der Waals surface area contributed by atoms with Gasteiger partial charge in [-0.25, -0.2) is 4.57 Å². The van der Waals surface area contributed by atoms with Crippen LogP contribution in [0, 0.1) is 0 Å². The average molecular weight is 548 g/mol. The van der Waals surface area contributed by atoms with Crippen molar-refractivity contribution in [3.63, 3.8) is 0 Å². The van der Waals surface area contributed by atoms with Gasteiger partial charge in [-0.1, -0.05) is 76.7 Å². The van der Waals surface area contributed by atoms with Crippen molar-refractivity contribution >= 4 is 19.8 Å². The van der Waals surface area contributed by atoms with Crippen LogP contribution in [0.5, 0.6) is 0 Å². The predicted octanol–water partition coefficient (Wildman–Crippen LogP) is 6.15. The third kappa shape index (κ3) is 24.6. The monoisotopic (exact) mass is 547 g/mol. The van der Waals surface area contributed by atoms with Gasteiger partial charge in [-0.05, 0) is 38.5 Å². The molecule has 0 aromatic heterocycles. The van der Waals surface area contributed by atoms with Crippen molar-refractivity contribution in [2.24, 2.45) is 5.73 Å². The van der Waals surface area contributed by atoms with Crippen LogP contribution < -0.4 is 5.73 Å². The predicted molar refractivity (Wildman–Crippen MR) is 146 cm³/mol. The lowest BCUT2D eigenvalue weighted by molar-refractivity contribution is -0.161. The van der Waals surface area contributed by atoms with Crippen LogP contribution in [-0.2, 0) is 32.7 Å². The molecular formula is C27H50NO8P. The van der Waals surface area contributed by atoms with E-state index in [1.54, 1.807) is 0 Å². The zero-order valence-electron chi connectivity index (χ0n) is 22.9. The zero-order chi connectivity index (χ0) is 27.6. The van der Waals surface area contributed by atoms with E-state index in [-0.39, 0.29) is 32.6 Å². The van der Waals surface area contributed by atoms with Gasteiger partial charge < -0.3 is 20.1 Å². The van der Waals surface area contributed by atoms with Gasteiger partial charge in [-0.2, -0.15) is 0 Å². The quantitative estimate of drug-likeness (QED) is 0.0597. The number of unbranched alkanes of at least 4 members (excludes halogenated alkanes) is 8. The Balaban J connectivity index is 4.28. The lowest BCUT2D eigenvalue weighted by Gasteiger charge is -2.19. The molecule has 0 fully saturated rings. The van der Waals surface area contributed by atoms with Gasteiger partial charge in [0.25, 0.3) is 0 Å². The molecule has 10 heteroatoms. The number of esters is 2. The summed E-state index contributed by atoms with van der Waals surface area (Å²) < 4.78 is 32.0. The molecule has 0 rings (SSSR count). The molecule has 2 unspecified atom stereocenters. The van der Waals surface area contributed by atoms with Crippen molar-refractivity contribution in [1.29, 1.82) is 0 Å². The molecule has 37 heavy (non-hydrogen) atoms. The third-order valence-corrected chi connectivity index (χ3v) is 6.31. The summed E-state index contributed by atoms with van der Waals surface area (Å²) in [6, 6.07) is 0. The number of phosphoric acid groups is 1. The van der Waals surface area contributed by atoms with E-state index in [1.807, 2.05) is 6.92 Å². The lowest BCUT2D eigenvalue weighted by Crippen LogP contribution is -2.29. The van der Waals surface area contributed by atoms with E-state index in [1.165, 1.54) is 6.42 Å². The van der Waals surface area contributed by atoms with Crippen molar-refractivity contribution in [2.45, 2.75) is 110 Å². The Kier molecular flexibility index (Phi) is 23.8. The van der Waals surface area contributed by atoms with Crippen LogP contribution in [0.25, 0.3) is 0 Å². The van der Waals surface area contributed by atoms with E-state index in [0.717, 1.165) is 57.8 Å². The standard InChI is InChI=1S/C27H50NO8P/c1-3-5-7-8-9-10-11-12-13-14-15-16-18-20-27(30)36-25(23-33-26(29)19-17-6-4-2)24-35-37(31,32)34-22-21-28/h7-8,10-11,25H,3-6,9,12-24,28H2,1-2H3,(H,31,32)/b8-7-,11-10-. The highest BCUT2D eigenvalue weighted by atomic mass is 31.2. The normalized spacial score (nSPS) is 14.2. The summed E-state index contributed by atoms with van der Waals surface area (Å²) >= 11 is 0. The van der Waals surface area contributed by atoms with Crippen molar-refractivity contribution in [3.05, 3.63) is 24.3 Å². The van der Waals surface area contributed by atoms with Crippen molar-refractivity contribution < 1.29 is 37.6 Å². The van der Waals surface area contributed by atoms with Crippen molar-refractivity contribution in [3.8, 4) is 0 Å². The minimum absolute atomic E-state index is 0.0507. The maximum Gasteiger partial charge on any atom is 0.472 e. The first-order valence-corrected chi connectivity index (χ1v) is 15.3. The summed E-state index contributed by atoms with van der Waals surface area (Å²) in [5.41, 5.74) is 5.27. The summed E-state index contributed by atoms with van der Waals surface area (Å²) in [6.45, 7) is 3.41. The molecule has 0 bridgehead atoms. The number of rotatable bonds is 25. The second-order valence-corrected chi connectivity index (χ2v) is 10.4. The number of hydrogen-bond donors (Lipinski definition) is 2. The number of allylic oxidation sites excluding steroid dienone is 4. The Bertz CT molecular complexity index is 683. The number of nitrogens with two attached hydrogens (primary N) is 1. The molecule has 0 saturated carbocycles. The van der Waals surface area contributed by atoms with E-state index in [4.69, 9.17) is 19.7 Å². The molecule has 0 saturated heterocycles. The number of carbonyl (C=O) groups excluding carboxylic acids is 2. The Labute approximate surface area is 223 Å². The molecule has 0 heterocycles. The van der Waals surface area contributed by atoms with Gasteiger partial charge in [0.2, 0.25) is 0 Å². The van der Waals surface area contributed by atoms with Crippen LogP contribution in [0.15, 0.2) is 24.3 Å². The first-order valence-electron chi connectivity index (χ1n) is 13.8. The van der Waals surface area contributed by atoms with Crippen LogP contribution in [0.1, 0.15) is 104 Å². The molecule has 9 nitrogen and oxygen atoms in total. The summed E-state index contributed by atoms with van der Waals surface area (Å²) in [5.74, 6) is -0.880. The van der Waals surface area contributed by atoms with Crippen LogP contribution in [-0.4, -0.2) is 49.3 Å². The average Bonchev–Trinajstić information content (AvgIpc) is 2.87. The molecule has 0 aliphatic rings. The third-order valence-electron chi connectivity index (χ3n) is 5.32. The Hall–Kier alpha value is -1.51. The highest BCUT2D eigenvalue weighted by Gasteiger charge is 2.25. The topological polar surface area (TPSA) is 134 Å².